The van der Waals surface area contributed by atoms with Gasteiger partial charge in [-0.1, -0.05) is 117 Å². The molecule has 0 bridgehead atoms. The fraction of sp³-hybridized carbons (Fsp3) is 0.111. The molecule has 0 aliphatic heterocycles. The van der Waals surface area contributed by atoms with E-state index in [1.165, 1.54) is 11.1 Å². The number of hydrogen-bond donors (Lipinski definition) is 0. The van der Waals surface area contributed by atoms with Crippen LogP contribution in [0.15, 0.2) is 126 Å². The minimum Gasteiger partial charge on any atom is -0.289 e. The van der Waals surface area contributed by atoms with Gasteiger partial charge in [0.05, 0.1) is 0 Å². The van der Waals surface area contributed by atoms with Crippen molar-refractivity contribution in [2.75, 3.05) is 0 Å². The Morgan fingerprint density at radius 1 is 0.615 bits per heavy atom. The van der Waals surface area contributed by atoms with Crippen LogP contribution in [0.5, 0.6) is 0 Å². The van der Waals surface area contributed by atoms with Gasteiger partial charge >= 0.3 is 0 Å². The minimum atomic E-state index is 0.0604. The molecule has 0 unspecified atom stereocenters. The van der Waals surface area contributed by atoms with Gasteiger partial charge in [0.15, 0.2) is 11.2 Å². The SMILES string of the molecule is CCc1cc(CC)c2sc3ccccc3c(=O)c2c1.O=C(c1ccccc1)c1ccc(-c2ccccc2)cc1. The number of carbonyl (C=O) groups excluding carboxylic acids is 1. The third kappa shape index (κ3) is 5.74. The van der Waals surface area contributed by atoms with Gasteiger partial charge in [0.2, 0.25) is 0 Å². The number of aryl methyl sites for hydroxylation is 2. The summed E-state index contributed by atoms with van der Waals surface area (Å²) in [5.41, 5.74) is 6.44. The summed E-state index contributed by atoms with van der Waals surface area (Å²) in [5.74, 6) is 0.0604. The molecule has 0 amide bonds. The Bertz CT molecular complexity index is 1780. The van der Waals surface area contributed by atoms with Crippen molar-refractivity contribution in [3.05, 3.63) is 154 Å². The fourth-order valence-corrected chi connectivity index (χ4v) is 5.94. The van der Waals surface area contributed by atoms with E-state index < -0.39 is 0 Å². The molecule has 5 aromatic carbocycles. The summed E-state index contributed by atoms with van der Waals surface area (Å²) in [6, 6.07) is 39.5. The lowest BCUT2D eigenvalue weighted by atomic mass is 9.99. The maximum absolute atomic E-state index is 12.6. The monoisotopic (exact) mass is 526 g/mol. The van der Waals surface area contributed by atoms with Gasteiger partial charge in [-0.05, 0) is 53.3 Å². The van der Waals surface area contributed by atoms with Crippen LogP contribution in [0.1, 0.15) is 40.9 Å². The normalized spacial score (nSPS) is 10.7. The molecular formula is C36H30O2S. The van der Waals surface area contributed by atoms with Crippen LogP contribution in [0.3, 0.4) is 0 Å². The predicted molar refractivity (Wildman–Crippen MR) is 166 cm³/mol. The lowest BCUT2D eigenvalue weighted by Crippen LogP contribution is -2.03. The largest absolute Gasteiger partial charge is 0.289 e. The first kappa shape index (κ1) is 26.3. The highest BCUT2D eigenvalue weighted by atomic mass is 32.1. The van der Waals surface area contributed by atoms with Gasteiger partial charge in [-0.15, -0.1) is 11.3 Å². The highest BCUT2D eigenvalue weighted by Crippen LogP contribution is 2.29. The molecule has 0 spiro atoms. The van der Waals surface area contributed by atoms with Crippen LogP contribution < -0.4 is 5.43 Å². The number of ketones is 1. The number of rotatable bonds is 5. The van der Waals surface area contributed by atoms with Crippen molar-refractivity contribution in [3.8, 4) is 11.1 Å². The summed E-state index contributed by atoms with van der Waals surface area (Å²) in [6.07, 6.45) is 1.94. The third-order valence-corrected chi connectivity index (χ3v) is 8.16. The molecule has 6 aromatic rings. The lowest BCUT2D eigenvalue weighted by Gasteiger charge is -2.08. The van der Waals surface area contributed by atoms with Crippen LogP contribution in [0.4, 0.5) is 0 Å². The van der Waals surface area contributed by atoms with E-state index in [1.54, 1.807) is 11.3 Å². The molecule has 6 rings (SSSR count). The number of benzene rings is 5. The standard InChI is InChI=1S/C19H14O.C17H16OS/c20-19(17-9-5-2-6-10-17)18-13-11-16(12-14-18)15-7-3-1-4-8-15;1-3-11-9-12(4-2)17-14(10-11)16(18)13-7-5-6-8-15(13)19-17/h1-14H;5-10H,3-4H2,1-2H3. The van der Waals surface area contributed by atoms with Crippen molar-refractivity contribution in [2.45, 2.75) is 26.7 Å². The van der Waals surface area contributed by atoms with E-state index in [2.05, 4.69) is 38.1 Å². The van der Waals surface area contributed by atoms with Crippen LogP contribution in [-0.4, -0.2) is 5.78 Å². The summed E-state index contributed by atoms with van der Waals surface area (Å²) in [6.45, 7) is 4.29. The lowest BCUT2D eigenvalue weighted by molar-refractivity contribution is 0.103. The first-order valence-electron chi connectivity index (χ1n) is 13.3. The van der Waals surface area contributed by atoms with Gasteiger partial charge < -0.3 is 0 Å². The van der Waals surface area contributed by atoms with Crippen LogP contribution in [0.25, 0.3) is 31.3 Å². The molecular weight excluding hydrogens is 496 g/mol. The molecule has 0 fully saturated rings. The molecule has 0 aliphatic carbocycles. The molecule has 1 aromatic heterocycles. The Balaban J connectivity index is 0.000000158. The fourth-order valence-electron chi connectivity index (χ4n) is 4.71. The van der Waals surface area contributed by atoms with E-state index in [9.17, 15) is 9.59 Å². The Hall–Kier alpha value is -4.34. The topological polar surface area (TPSA) is 34.1 Å². The maximum Gasteiger partial charge on any atom is 0.195 e. The summed E-state index contributed by atoms with van der Waals surface area (Å²) >= 11 is 1.74. The Morgan fingerprint density at radius 3 is 1.87 bits per heavy atom. The van der Waals surface area contributed by atoms with Gasteiger partial charge in [0.25, 0.3) is 0 Å². The zero-order valence-electron chi connectivity index (χ0n) is 22.2. The van der Waals surface area contributed by atoms with Crippen molar-refractivity contribution >= 4 is 37.3 Å². The summed E-state index contributed by atoms with van der Waals surface area (Å²) in [5, 5.41) is 1.73. The van der Waals surface area contributed by atoms with Gasteiger partial charge in [0, 0.05) is 31.3 Å². The Labute approximate surface area is 233 Å². The summed E-state index contributed by atoms with van der Waals surface area (Å²) < 4.78 is 2.24. The highest BCUT2D eigenvalue weighted by molar-refractivity contribution is 7.24. The highest BCUT2D eigenvalue weighted by Gasteiger charge is 2.10. The van der Waals surface area contributed by atoms with Crippen LogP contribution in [0, 0.1) is 0 Å². The van der Waals surface area contributed by atoms with Gasteiger partial charge in [0.1, 0.15) is 0 Å². The van der Waals surface area contributed by atoms with Gasteiger partial charge in [-0.2, -0.15) is 0 Å². The molecule has 3 heteroatoms. The van der Waals surface area contributed by atoms with Crippen molar-refractivity contribution < 1.29 is 4.79 Å². The summed E-state index contributed by atoms with van der Waals surface area (Å²) in [4.78, 5) is 24.9. The molecule has 0 radical (unpaired) electrons. The second-order valence-corrected chi connectivity index (χ2v) is 10.5. The molecule has 0 aliphatic rings. The third-order valence-electron chi connectivity index (χ3n) is 6.89. The molecule has 0 N–H and O–H groups in total. The van der Waals surface area contributed by atoms with E-state index in [0.29, 0.717) is 0 Å². The van der Waals surface area contributed by atoms with E-state index in [4.69, 9.17) is 0 Å². The Kier molecular flexibility index (Phi) is 8.10. The quantitative estimate of drug-likeness (QED) is 0.166. The summed E-state index contributed by atoms with van der Waals surface area (Å²) in [7, 11) is 0. The minimum absolute atomic E-state index is 0.0604. The van der Waals surface area contributed by atoms with Crippen molar-refractivity contribution in [1.29, 1.82) is 0 Å². The first-order valence-corrected chi connectivity index (χ1v) is 14.1. The average Bonchev–Trinajstić information content (AvgIpc) is 3.02. The van der Waals surface area contributed by atoms with Gasteiger partial charge in [-0.25, -0.2) is 0 Å². The second kappa shape index (κ2) is 12.0. The Morgan fingerprint density at radius 2 is 1.21 bits per heavy atom. The number of fused-ring (bicyclic) bond motifs is 2. The maximum atomic E-state index is 12.6. The van der Waals surface area contributed by atoms with Crippen molar-refractivity contribution in [2.24, 2.45) is 0 Å². The number of carbonyl (C=O) groups is 1. The number of hydrogen-bond acceptors (Lipinski definition) is 3. The first-order chi connectivity index (χ1) is 19.1. The molecule has 2 nitrogen and oxygen atoms in total. The molecule has 192 valence electrons. The average molecular weight is 527 g/mol. The zero-order chi connectivity index (χ0) is 27.2. The second-order valence-electron chi connectivity index (χ2n) is 9.40. The predicted octanol–water partition coefficient (Wildman–Crippen LogP) is 9.12. The van der Waals surface area contributed by atoms with E-state index >= 15 is 0 Å². The molecule has 39 heavy (non-hydrogen) atoms. The van der Waals surface area contributed by atoms with E-state index in [0.717, 1.165) is 55.3 Å². The van der Waals surface area contributed by atoms with Crippen LogP contribution in [-0.2, 0) is 12.8 Å². The van der Waals surface area contributed by atoms with E-state index in [1.807, 2.05) is 97.1 Å². The molecule has 1 heterocycles. The van der Waals surface area contributed by atoms with Gasteiger partial charge in [-0.3, -0.25) is 9.59 Å². The molecule has 0 saturated carbocycles. The van der Waals surface area contributed by atoms with E-state index in [-0.39, 0.29) is 11.2 Å². The molecule has 0 atom stereocenters. The smallest absolute Gasteiger partial charge is 0.195 e. The van der Waals surface area contributed by atoms with Crippen LogP contribution in [0.2, 0.25) is 0 Å². The van der Waals surface area contributed by atoms with Crippen LogP contribution >= 0.6 is 11.3 Å². The zero-order valence-corrected chi connectivity index (χ0v) is 23.0. The molecule has 0 saturated heterocycles. The van der Waals surface area contributed by atoms with Crippen molar-refractivity contribution in [3.63, 3.8) is 0 Å². The van der Waals surface area contributed by atoms with Crippen molar-refractivity contribution in [1.82, 2.24) is 0 Å².